The van der Waals surface area contributed by atoms with E-state index in [2.05, 4.69) is 0 Å². The van der Waals surface area contributed by atoms with E-state index in [1.54, 1.807) is 0 Å². The average molecular weight is 354 g/mol. The predicted molar refractivity (Wildman–Crippen MR) is 82.9 cm³/mol. The maximum absolute atomic E-state index is 12.8. The van der Waals surface area contributed by atoms with Crippen molar-refractivity contribution in [2.75, 3.05) is 5.75 Å². The normalized spacial score (nSPS) is 12.5. The number of hydrogen-bond acceptors (Lipinski definition) is 6. The number of halogens is 1. The summed E-state index contributed by atoms with van der Waals surface area (Å²) in [7, 11) is -3.81. The number of hydrogen-bond donors (Lipinski definition) is 3. The van der Waals surface area contributed by atoms with Crippen molar-refractivity contribution in [1.82, 2.24) is 5.48 Å². The Morgan fingerprint density at radius 2 is 1.62 bits per heavy atom. The van der Waals surface area contributed by atoms with Gasteiger partial charge in [0, 0.05) is 0 Å². The third-order valence-electron chi connectivity index (χ3n) is 3.08. The van der Waals surface area contributed by atoms with E-state index in [4.69, 9.17) is 15.7 Å². The van der Waals surface area contributed by atoms with Gasteiger partial charge in [-0.1, -0.05) is 0 Å². The van der Waals surface area contributed by atoms with E-state index in [0.717, 1.165) is 0 Å². The van der Waals surface area contributed by atoms with Gasteiger partial charge in [-0.2, -0.15) is 0 Å². The fourth-order valence-electron chi connectivity index (χ4n) is 1.84. The number of nitrogens with two attached hydrogens (primary N) is 1. The third-order valence-corrected chi connectivity index (χ3v) is 4.87. The standard InChI is InChI=1S/C15H15FN2O5S/c16-10-1-3-11(4-2-10)23-12-5-7-13(8-6-12)24(21,22)9-14(17)15(19)18-20/h1-8,14,20H,9,17H2,(H,18,19). The minimum Gasteiger partial charge on any atom is -0.457 e. The first kappa shape index (κ1) is 17.9. The van der Waals surface area contributed by atoms with Gasteiger partial charge in [0.05, 0.1) is 10.6 Å². The third kappa shape index (κ3) is 4.51. The zero-order valence-electron chi connectivity index (χ0n) is 12.3. The van der Waals surface area contributed by atoms with Crippen LogP contribution in [0.2, 0.25) is 0 Å². The number of carbonyl (C=O) groups excluding carboxylic acids is 1. The summed E-state index contributed by atoms with van der Waals surface area (Å²) < 4.78 is 42.6. The molecule has 0 radical (unpaired) electrons. The highest BCUT2D eigenvalue weighted by Gasteiger charge is 2.23. The fourth-order valence-corrected chi connectivity index (χ4v) is 3.21. The molecule has 1 unspecified atom stereocenters. The molecule has 0 fully saturated rings. The first-order valence-electron chi connectivity index (χ1n) is 6.77. The Morgan fingerprint density at radius 1 is 1.12 bits per heavy atom. The summed E-state index contributed by atoms with van der Waals surface area (Å²) in [4.78, 5) is 11.1. The van der Waals surface area contributed by atoms with Crippen LogP contribution in [0, 0.1) is 5.82 Å². The molecule has 0 saturated heterocycles. The number of hydroxylamine groups is 1. The Balaban J connectivity index is 2.10. The number of rotatable bonds is 6. The van der Waals surface area contributed by atoms with Gasteiger partial charge in [0.1, 0.15) is 23.4 Å². The topological polar surface area (TPSA) is 119 Å². The van der Waals surface area contributed by atoms with Gasteiger partial charge in [0.25, 0.3) is 5.91 Å². The Labute approximate surface area is 137 Å². The summed E-state index contributed by atoms with van der Waals surface area (Å²) in [6, 6.07) is 9.41. The number of benzene rings is 2. The van der Waals surface area contributed by atoms with Crippen LogP contribution in [0.25, 0.3) is 0 Å². The van der Waals surface area contributed by atoms with Crippen LogP contribution in [0.3, 0.4) is 0 Å². The molecule has 2 rings (SSSR count). The van der Waals surface area contributed by atoms with E-state index >= 15 is 0 Å². The second kappa shape index (κ2) is 7.39. The van der Waals surface area contributed by atoms with Gasteiger partial charge in [-0.25, -0.2) is 18.3 Å². The molecule has 0 aliphatic carbocycles. The summed E-state index contributed by atoms with van der Waals surface area (Å²) in [5.41, 5.74) is 6.69. The van der Waals surface area contributed by atoms with E-state index in [9.17, 15) is 17.6 Å². The molecule has 0 bridgehead atoms. The summed E-state index contributed by atoms with van der Waals surface area (Å²) in [5.74, 6) is -1.29. The van der Waals surface area contributed by atoms with Gasteiger partial charge < -0.3 is 10.5 Å². The molecular weight excluding hydrogens is 339 g/mol. The van der Waals surface area contributed by atoms with Gasteiger partial charge in [-0.15, -0.1) is 0 Å². The van der Waals surface area contributed by atoms with Gasteiger partial charge >= 0.3 is 0 Å². The maximum atomic E-state index is 12.8. The molecule has 7 nitrogen and oxygen atoms in total. The van der Waals surface area contributed by atoms with Gasteiger partial charge in [0.2, 0.25) is 0 Å². The number of amides is 1. The van der Waals surface area contributed by atoms with Crippen molar-refractivity contribution in [3.8, 4) is 11.5 Å². The molecule has 2 aromatic rings. The molecule has 0 spiro atoms. The van der Waals surface area contributed by atoms with Crippen molar-refractivity contribution in [3.63, 3.8) is 0 Å². The quantitative estimate of drug-likeness (QED) is 0.530. The Kier molecular flexibility index (Phi) is 5.50. The second-order valence-electron chi connectivity index (χ2n) is 4.89. The zero-order valence-corrected chi connectivity index (χ0v) is 13.2. The van der Waals surface area contributed by atoms with E-state index in [-0.39, 0.29) is 4.90 Å². The van der Waals surface area contributed by atoms with Crippen molar-refractivity contribution in [3.05, 3.63) is 54.3 Å². The Hall–Kier alpha value is -2.49. The summed E-state index contributed by atoms with van der Waals surface area (Å²) >= 11 is 0. The van der Waals surface area contributed by atoms with Gasteiger partial charge in [-0.05, 0) is 48.5 Å². The molecule has 0 aromatic heterocycles. The van der Waals surface area contributed by atoms with Crippen LogP contribution in [0.15, 0.2) is 53.4 Å². The smallest absolute Gasteiger partial charge is 0.261 e. The number of ether oxygens (including phenoxy) is 1. The lowest BCUT2D eigenvalue weighted by Gasteiger charge is -2.11. The van der Waals surface area contributed by atoms with Crippen molar-refractivity contribution >= 4 is 15.7 Å². The highest BCUT2D eigenvalue weighted by molar-refractivity contribution is 7.91. The van der Waals surface area contributed by atoms with E-state index < -0.39 is 33.4 Å². The summed E-state index contributed by atoms with van der Waals surface area (Å²) in [5, 5.41) is 8.45. The van der Waals surface area contributed by atoms with Crippen LogP contribution in [0.5, 0.6) is 11.5 Å². The second-order valence-corrected chi connectivity index (χ2v) is 6.93. The van der Waals surface area contributed by atoms with Gasteiger partial charge in [0.15, 0.2) is 9.84 Å². The molecule has 1 amide bonds. The summed E-state index contributed by atoms with van der Waals surface area (Å²) in [6.07, 6.45) is 0. The fraction of sp³-hybridized carbons (Fsp3) is 0.133. The molecule has 128 valence electrons. The van der Waals surface area contributed by atoms with Crippen molar-refractivity contribution in [2.45, 2.75) is 10.9 Å². The predicted octanol–water partition coefficient (Wildman–Crippen LogP) is 1.22. The first-order chi connectivity index (χ1) is 11.3. The lowest BCUT2D eigenvalue weighted by Crippen LogP contribution is -2.43. The molecule has 4 N–H and O–H groups in total. The van der Waals surface area contributed by atoms with Crippen LogP contribution >= 0.6 is 0 Å². The van der Waals surface area contributed by atoms with Crippen molar-refractivity contribution in [2.24, 2.45) is 5.73 Å². The maximum Gasteiger partial charge on any atom is 0.261 e. The van der Waals surface area contributed by atoms with E-state index in [0.29, 0.717) is 11.5 Å². The van der Waals surface area contributed by atoms with E-state index in [1.807, 2.05) is 0 Å². The highest BCUT2D eigenvalue weighted by atomic mass is 32.2. The van der Waals surface area contributed by atoms with Crippen molar-refractivity contribution < 1.29 is 27.5 Å². The largest absolute Gasteiger partial charge is 0.457 e. The van der Waals surface area contributed by atoms with Crippen LogP contribution in [0.4, 0.5) is 4.39 Å². The highest BCUT2D eigenvalue weighted by Crippen LogP contribution is 2.23. The molecule has 1 atom stereocenters. The molecule has 0 aliphatic rings. The molecule has 0 saturated carbocycles. The van der Waals surface area contributed by atoms with Crippen LogP contribution in [-0.2, 0) is 14.6 Å². The van der Waals surface area contributed by atoms with Crippen molar-refractivity contribution in [1.29, 1.82) is 0 Å². The van der Waals surface area contributed by atoms with Gasteiger partial charge in [-0.3, -0.25) is 10.0 Å². The van der Waals surface area contributed by atoms with E-state index in [1.165, 1.54) is 54.0 Å². The minimum absolute atomic E-state index is 0.0462. The first-order valence-corrected chi connectivity index (χ1v) is 8.43. The average Bonchev–Trinajstić information content (AvgIpc) is 2.56. The SMILES string of the molecule is NC(CS(=O)(=O)c1ccc(Oc2ccc(F)cc2)cc1)C(=O)NO. The number of carbonyl (C=O) groups is 1. The number of nitrogens with one attached hydrogen (secondary N) is 1. The zero-order chi connectivity index (χ0) is 17.7. The molecule has 0 aliphatic heterocycles. The Morgan fingerprint density at radius 3 is 2.12 bits per heavy atom. The minimum atomic E-state index is -3.81. The molecule has 2 aromatic carbocycles. The molecular formula is C15H15FN2O5S. The van der Waals surface area contributed by atoms with Crippen LogP contribution in [-0.4, -0.2) is 31.3 Å². The lowest BCUT2D eigenvalue weighted by atomic mass is 10.3. The number of sulfone groups is 1. The lowest BCUT2D eigenvalue weighted by molar-refractivity contribution is -0.130. The Bertz CT molecular complexity index is 807. The summed E-state index contributed by atoms with van der Waals surface area (Å²) in [6.45, 7) is 0. The molecule has 9 heteroatoms. The molecule has 0 heterocycles. The monoisotopic (exact) mass is 354 g/mol. The molecule has 24 heavy (non-hydrogen) atoms. The van der Waals surface area contributed by atoms with Crippen LogP contribution in [0.1, 0.15) is 0 Å². The van der Waals surface area contributed by atoms with Crippen LogP contribution < -0.4 is 16.0 Å².